The molecule has 0 bridgehead atoms. The molecule has 1 fully saturated rings. The molecule has 6 heteroatoms. The summed E-state index contributed by atoms with van der Waals surface area (Å²) in [7, 11) is 0. The molecule has 1 aromatic carbocycles. The summed E-state index contributed by atoms with van der Waals surface area (Å²) in [5, 5.41) is 4.59. The Balaban J connectivity index is 1.58. The number of carbonyl (C=O) groups excluding carboxylic acids is 2. The lowest BCUT2D eigenvalue weighted by molar-refractivity contribution is 0.0951. The number of nitrogens with zero attached hydrogens (tertiary/aromatic N) is 2. The van der Waals surface area contributed by atoms with Crippen LogP contribution >= 0.6 is 11.8 Å². The molecule has 1 aliphatic rings. The molecule has 3 aromatic rings. The van der Waals surface area contributed by atoms with Gasteiger partial charge in [0.05, 0.1) is 21.9 Å². The average molecular weight is 408 g/mol. The number of rotatable bonds is 7. The molecule has 2 aromatic heterocycles. The summed E-state index contributed by atoms with van der Waals surface area (Å²) in [5.41, 5.74) is 4.27. The molecule has 0 saturated heterocycles. The fourth-order valence-corrected chi connectivity index (χ4v) is 4.49. The van der Waals surface area contributed by atoms with Crippen LogP contribution in [0.4, 0.5) is 0 Å². The standard InChI is InChI=1S/C23H25N3O2S/c1-4-26-14(2)11-18(15(26)3)21(27)13-29-22-12-19(23(28)24-16-9-10-16)17-7-5-6-8-20(17)25-22/h5-8,11-12,16H,4,9-10,13H2,1-3H3,(H,24,28). The molecule has 0 aliphatic heterocycles. The van der Waals surface area contributed by atoms with Crippen LogP contribution in [0.15, 0.2) is 41.4 Å². The van der Waals surface area contributed by atoms with E-state index >= 15 is 0 Å². The molecule has 0 radical (unpaired) electrons. The van der Waals surface area contributed by atoms with Crippen LogP contribution in [0.2, 0.25) is 0 Å². The number of aromatic nitrogens is 2. The third-order valence-corrected chi connectivity index (χ3v) is 6.30. The first kappa shape index (κ1) is 19.7. The minimum atomic E-state index is -0.0641. The second-order valence-corrected chi connectivity index (χ2v) is 8.51. The van der Waals surface area contributed by atoms with Crippen molar-refractivity contribution in [3.05, 3.63) is 58.9 Å². The quantitative estimate of drug-likeness (QED) is 0.461. The number of Topliss-reactive ketones (excluding diaryl/α,β-unsaturated/α-hetero) is 1. The van der Waals surface area contributed by atoms with Crippen LogP contribution in [0.5, 0.6) is 0 Å². The lowest BCUT2D eigenvalue weighted by atomic mass is 10.1. The van der Waals surface area contributed by atoms with Crippen molar-refractivity contribution in [3.63, 3.8) is 0 Å². The van der Waals surface area contributed by atoms with Gasteiger partial charge in [-0.1, -0.05) is 30.0 Å². The van der Waals surface area contributed by atoms with Crippen molar-refractivity contribution in [1.82, 2.24) is 14.9 Å². The fraction of sp³-hybridized carbons (Fsp3) is 0.348. The van der Waals surface area contributed by atoms with Crippen molar-refractivity contribution >= 4 is 34.4 Å². The number of ketones is 1. The number of fused-ring (bicyclic) bond motifs is 1. The van der Waals surface area contributed by atoms with Crippen molar-refractivity contribution in [3.8, 4) is 0 Å². The van der Waals surface area contributed by atoms with E-state index in [-0.39, 0.29) is 11.7 Å². The average Bonchev–Trinajstić information content (AvgIpc) is 3.48. The summed E-state index contributed by atoms with van der Waals surface area (Å²) >= 11 is 1.39. The highest BCUT2D eigenvalue weighted by molar-refractivity contribution is 7.99. The molecule has 0 spiro atoms. The van der Waals surface area contributed by atoms with Gasteiger partial charge in [0.25, 0.3) is 5.91 Å². The van der Waals surface area contributed by atoms with E-state index in [0.717, 1.165) is 47.2 Å². The van der Waals surface area contributed by atoms with Crippen molar-refractivity contribution in [2.45, 2.75) is 51.2 Å². The predicted molar refractivity (Wildman–Crippen MR) is 117 cm³/mol. The normalized spacial score (nSPS) is 13.6. The smallest absolute Gasteiger partial charge is 0.252 e. The number of thioether (sulfide) groups is 1. The molecule has 1 saturated carbocycles. The molecule has 0 unspecified atom stereocenters. The first-order valence-electron chi connectivity index (χ1n) is 10.0. The molecule has 1 N–H and O–H groups in total. The molecule has 1 aliphatic carbocycles. The topological polar surface area (TPSA) is 64.0 Å². The summed E-state index contributed by atoms with van der Waals surface area (Å²) in [6.45, 7) is 6.94. The van der Waals surface area contributed by atoms with Crippen LogP contribution in [-0.4, -0.2) is 33.0 Å². The van der Waals surface area contributed by atoms with Crippen LogP contribution in [0.25, 0.3) is 10.9 Å². The Hall–Kier alpha value is -2.60. The van der Waals surface area contributed by atoms with E-state index in [4.69, 9.17) is 0 Å². The summed E-state index contributed by atoms with van der Waals surface area (Å²) in [5.74, 6) is 0.316. The fourth-order valence-electron chi connectivity index (χ4n) is 3.69. The molecular formula is C23H25N3O2S. The Labute approximate surface area is 174 Å². The zero-order valence-electron chi connectivity index (χ0n) is 17.0. The van der Waals surface area contributed by atoms with Gasteiger partial charge < -0.3 is 9.88 Å². The van der Waals surface area contributed by atoms with E-state index in [2.05, 4.69) is 21.8 Å². The second kappa shape index (κ2) is 8.03. The number of hydrogen-bond donors (Lipinski definition) is 1. The summed E-state index contributed by atoms with van der Waals surface area (Å²) in [4.78, 5) is 30.2. The van der Waals surface area contributed by atoms with Crippen molar-refractivity contribution in [2.24, 2.45) is 0 Å². The predicted octanol–water partition coefficient (Wildman–Crippen LogP) is 4.54. The summed E-state index contributed by atoms with van der Waals surface area (Å²) < 4.78 is 2.15. The zero-order valence-corrected chi connectivity index (χ0v) is 17.8. The summed E-state index contributed by atoms with van der Waals surface area (Å²) in [6.07, 6.45) is 2.09. The van der Waals surface area contributed by atoms with Crippen molar-refractivity contribution in [2.75, 3.05) is 5.75 Å². The maximum atomic E-state index is 12.8. The van der Waals surface area contributed by atoms with E-state index < -0.39 is 0 Å². The summed E-state index contributed by atoms with van der Waals surface area (Å²) in [6, 6.07) is 11.7. The van der Waals surface area contributed by atoms with Gasteiger partial charge in [-0.15, -0.1) is 0 Å². The monoisotopic (exact) mass is 407 g/mol. The van der Waals surface area contributed by atoms with Gasteiger partial charge in [-0.3, -0.25) is 9.59 Å². The van der Waals surface area contributed by atoms with Crippen molar-refractivity contribution in [1.29, 1.82) is 0 Å². The van der Waals surface area contributed by atoms with Crippen molar-refractivity contribution < 1.29 is 9.59 Å². The van der Waals surface area contributed by atoms with Gasteiger partial charge in [-0.05, 0) is 51.8 Å². The molecule has 1 amide bonds. The van der Waals surface area contributed by atoms with Crippen LogP contribution in [0.3, 0.4) is 0 Å². The van der Waals surface area contributed by atoms with Gasteiger partial charge in [-0.2, -0.15) is 0 Å². The molecule has 5 nitrogen and oxygen atoms in total. The van der Waals surface area contributed by atoms with Gasteiger partial charge in [-0.25, -0.2) is 4.98 Å². The van der Waals surface area contributed by atoms with Crippen LogP contribution in [0, 0.1) is 13.8 Å². The maximum absolute atomic E-state index is 12.8. The number of aryl methyl sites for hydroxylation is 1. The largest absolute Gasteiger partial charge is 0.349 e. The van der Waals surface area contributed by atoms with Gasteiger partial charge in [0.15, 0.2) is 5.78 Å². The highest BCUT2D eigenvalue weighted by Crippen LogP contribution is 2.27. The number of nitrogens with one attached hydrogen (secondary N) is 1. The Bertz CT molecular complexity index is 1100. The molecule has 150 valence electrons. The Morgan fingerprint density at radius 2 is 1.93 bits per heavy atom. The Kier molecular flexibility index (Phi) is 5.46. The number of benzene rings is 1. The molecular weight excluding hydrogens is 382 g/mol. The first-order valence-corrected chi connectivity index (χ1v) is 11.0. The van der Waals surface area contributed by atoms with Gasteiger partial charge >= 0.3 is 0 Å². The lowest BCUT2D eigenvalue weighted by Crippen LogP contribution is -2.25. The Morgan fingerprint density at radius 1 is 1.17 bits per heavy atom. The first-order chi connectivity index (χ1) is 14.0. The van der Waals surface area contributed by atoms with E-state index in [0.29, 0.717) is 22.4 Å². The van der Waals surface area contributed by atoms with Crippen LogP contribution in [0.1, 0.15) is 51.9 Å². The van der Waals surface area contributed by atoms with E-state index in [1.165, 1.54) is 11.8 Å². The lowest BCUT2D eigenvalue weighted by Gasteiger charge is -2.10. The van der Waals surface area contributed by atoms with E-state index in [1.54, 1.807) is 0 Å². The van der Waals surface area contributed by atoms with Crippen LogP contribution in [-0.2, 0) is 6.54 Å². The minimum absolute atomic E-state index is 0.0641. The second-order valence-electron chi connectivity index (χ2n) is 7.51. The number of para-hydroxylation sites is 1. The maximum Gasteiger partial charge on any atom is 0.252 e. The van der Waals surface area contributed by atoms with E-state index in [1.807, 2.05) is 50.2 Å². The van der Waals surface area contributed by atoms with Gasteiger partial charge in [0.1, 0.15) is 0 Å². The van der Waals surface area contributed by atoms with Crippen LogP contribution < -0.4 is 5.32 Å². The van der Waals surface area contributed by atoms with E-state index in [9.17, 15) is 9.59 Å². The third kappa shape index (κ3) is 4.08. The SMILES string of the molecule is CCn1c(C)cc(C(=O)CSc2cc(C(=O)NC3CC3)c3ccccc3n2)c1C. The minimum Gasteiger partial charge on any atom is -0.349 e. The Morgan fingerprint density at radius 3 is 2.62 bits per heavy atom. The third-order valence-electron chi connectivity index (χ3n) is 5.39. The van der Waals surface area contributed by atoms with Gasteiger partial charge in [0.2, 0.25) is 0 Å². The number of pyridine rings is 1. The highest BCUT2D eigenvalue weighted by Gasteiger charge is 2.25. The number of amides is 1. The molecule has 0 atom stereocenters. The number of hydrogen-bond acceptors (Lipinski definition) is 4. The molecule has 29 heavy (non-hydrogen) atoms. The molecule has 4 rings (SSSR count). The number of carbonyl (C=O) groups is 2. The molecule has 2 heterocycles. The zero-order chi connectivity index (χ0) is 20.5. The van der Waals surface area contributed by atoms with Gasteiger partial charge in [0, 0.05) is 34.9 Å². The highest BCUT2D eigenvalue weighted by atomic mass is 32.2.